The zero-order valence-corrected chi connectivity index (χ0v) is 13.9. The first-order chi connectivity index (χ1) is 10.6. The van der Waals surface area contributed by atoms with E-state index in [-0.39, 0.29) is 0 Å². The summed E-state index contributed by atoms with van der Waals surface area (Å²) in [5.41, 5.74) is 3.83. The van der Waals surface area contributed by atoms with Crippen LogP contribution < -0.4 is 16.0 Å². The van der Waals surface area contributed by atoms with Gasteiger partial charge in [-0.3, -0.25) is 10.2 Å². The third-order valence-corrected chi connectivity index (χ3v) is 3.69. The number of hydrogen-bond acceptors (Lipinski definition) is 3. The van der Waals surface area contributed by atoms with E-state index in [1.165, 1.54) is 6.08 Å². The molecular weight excluding hydrogens is 368 g/mol. The van der Waals surface area contributed by atoms with E-state index in [1.807, 2.05) is 41.8 Å². The topological polar surface area (TPSA) is 64.3 Å². The van der Waals surface area contributed by atoms with E-state index in [4.69, 9.17) is 22.2 Å². The van der Waals surface area contributed by atoms with E-state index < -0.39 is 5.91 Å². The summed E-state index contributed by atoms with van der Waals surface area (Å²) in [6.45, 7) is 0.421. The summed E-state index contributed by atoms with van der Waals surface area (Å²) in [5.74, 6) is 5.18. The molecule has 0 aliphatic rings. The van der Waals surface area contributed by atoms with Crippen LogP contribution in [0.5, 0.6) is 5.75 Å². The predicted octanol–water partition coefficient (Wildman–Crippen LogP) is 3.68. The first-order valence-electron chi connectivity index (χ1n) is 6.44. The number of ether oxygens (including phenoxy) is 1. The fraction of sp³-hybridized carbons (Fsp3) is 0.0625. The summed E-state index contributed by atoms with van der Waals surface area (Å²) in [6, 6.07) is 13.3. The smallest absolute Gasteiger partial charge is 0.257 e. The molecule has 0 heterocycles. The average molecular weight is 382 g/mol. The molecule has 6 heteroatoms. The number of carbonyl (C=O) groups is 1. The average Bonchev–Trinajstić information content (AvgIpc) is 2.52. The van der Waals surface area contributed by atoms with Crippen LogP contribution in [0.3, 0.4) is 0 Å². The van der Waals surface area contributed by atoms with Gasteiger partial charge < -0.3 is 4.74 Å². The van der Waals surface area contributed by atoms with Crippen LogP contribution in [0, 0.1) is 0 Å². The standard InChI is InChI=1S/C16H14BrClN2O2/c17-13-8-12(6-7-15(21)20-19)9-14(18)16(13)22-10-11-4-2-1-3-5-11/h1-9H,10,19H2,(H,20,21)/b7-6+. The van der Waals surface area contributed by atoms with Gasteiger partial charge in [0.25, 0.3) is 5.91 Å². The molecule has 0 atom stereocenters. The van der Waals surface area contributed by atoms with Crippen LogP contribution in [0.1, 0.15) is 11.1 Å². The lowest BCUT2D eigenvalue weighted by atomic mass is 10.2. The van der Waals surface area contributed by atoms with E-state index >= 15 is 0 Å². The van der Waals surface area contributed by atoms with Crippen LogP contribution in [-0.2, 0) is 11.4 Å². The quantitative estimate of drug-likeness (QED) is 0.359. The SMILES string of the molecule is NNC(=O)/C=C/c1cc(Cl)c(OCc2ccccc2)c(Br)c1. The molecule has 0 spiro atoms. The van der Waals surface area contributed by atoms with Gasteiger partial charge in [-0.05, 0) is 45.3 Å². The normalized spacial score (nSPS) is 10.7. The van der Waals surface area contributed by atoms with E-state index in [0.717, 1.165) is 11.1 Å². The molecule has 2 aromatic rings. The maximum absolute atomic E-state index is 11.1. The number of carbonyl (C=O) groups excluding carboxylic acids is 1. The maximum atomic E-state index is 11.1. The molecule has 0 unspecified atom stereocenters. The molecule has 22 heavy (non-hydrogen) atoms. The molecule has 0 aromatic heterocycles. The Labute approximate surface area is 142 Å². The van der Waals surface area contributed by atoms with Crippen LogP contribution in [0.4, 0.5) is 0 Å². The molecule has 3 N–H and O–H groups in total. The van der Waals surface area contributed by atoms with Crippen molar-refractivity contribution >= 4 is 39.5 Å². The largest absolute Gasteiger partial charge is 0.486 e. The number of hydrazine groups is 1. The summed E-state index contributed by atoms with van der Waals surface area (Å²) in [4.78, 5) is 11.1. The number of benzene rings is 2. The van der Waals surface area contributed by atoms with Crippen molar-refractivity contribution in [1.82, 2.24) is 5.43 Å². The molecule has 0 saturated heterocycles. The predicted molar refractivity (Wildman–Crippen MR) is 91.3 cm³/mol. The van der Waals surface area contributed by atoms with E-state index in [1.54, 1.807) is 12.1 Å². The lowest BCUT2D eigenvalue weighted by molar-refractivity contribution is -0.116. The molecule has 0 radical (unpaired) electrons. The van der Waals surface area contributed by atoms with Crippen LogP contribution >= 0.6 is 27.5 Å². The van der Waals surface area contributed by atoms with Crippen molar-refractivity contribution in [2.75, 3.05) is 0 Å². The number of nitrogens with two attached hydrogens (primary N) is 1. The number of nitrogens with one attached hydrogen (secondary N) is 1. The number of amides is 1. The Morgan fingerprint density at radius 1 is 1.32 bits per heavy atom. The molecule has 114 valence electrons. The Hall–Kier alpha value is -1.82. The van der Waals surface area contributed by atoms with Gasteiger partial charge >= 0.3 is 0 Å². The van der Waals surface area contributed by atoms with Crippen molar-refractivity contribution < 1.29 is 9.53 Å². The Kier molecular flexibility index (Phi) is 6.00. The third-order valence-electron chi connectivity index (χ3n) is 2.82. The van der Waals surface area contributed by atoms with Gasteiger partial charge in [0, 0.05) is 6.08 Å². The Bertz CT molecular complexity index is 667. The summed E-state index contributed by atoms with van der Waals surface area (Å²) in [7, 11) is 0. The van der Waals surface area contributed by atoms with Crippen molar-refractivity contribution in [1.29, 1.82) is 0 Å². The zero-order valence-electron chi connectivity index (χ0n) is 11.6. The summed E-state index contributed by atoms with van der Waals surface area (Å²) >= 11 is 9.66. The summed E-state index contributed by atoms with van der Waals surface area (Å²) < 4.78 is 6.46. The minimum Gasteiger partial charge on any atom is -0.486 e. The van der Waals surface area contributed by atoms with Crippen LogP contribution in [-0.4, -0.2) is 5.91 Å². The van der Waals surface area contributed by atoms with E-state index in [9.17, 15) is 4.79 Å². The van der Waals surface area contributed by atoms with Gasteiger partial charge in [0.2, 0.25) is 0 Å². The summed E-state index contributed by atoms with van der Waals surface area (Å²) in [6.07, 6.45) is 2.93. The first-order valence-corrected chi connectivity index (χ1v) is 7.61. The highest BCUT2D eigenvalue weighted by Gasteiger charge is 2.09. The molecule has 4 nitrogen and oxygen atoms in total. The van der Waals surface area contributed by atoms with Gasteiger partial charge in [0.1, 0.15) is 6.61 Å². The zero-order chi connectivity index (χ0) is 15.9. The minimum atomic E-state index is -0.392. The Morgan fingerprint density at radius 2 is 2.05 bits per heavy atom. The molecule has 1 amide bonds. The minimum absolute atomic E-state index is 0.392. The lowest BCUT2D eigenvalue weighted by Crippen LogP contribution is -2.27. The van der Waals surface area contributed by atoms with Crippen molar-refractivity contribution in [2.24, 2.45) is 5.84 Å². The van der Waals surface area contributed by atoms with Crippen molar-refractivity contribution in [2.45, 2.75) is 6.61 Å². The summed E-state index contributed by atoms with van der Waals surface area (Å²) in [5, 5.41) is 0.457. The number of hydrogen-bond donors (Lipinski definition) is 2. The van der Waals surface area contributed by atoms with Crippen molar-refractivity contribution in [3.8, 4) is 5.75 Å². The highest BCUT2D eigenvalue weighted by atomic mass is 79.9. The first kappa shape index (κ1) is 16.5. The third kappa shape index (κ3) is 4.59. The van der Waals surface area contributed by atoms with Gasteiger partial charge in [0.15, 0.2) is 5.75 Å². The van der Waals surface area contributed by atoms with E-state index in [2.05, 4.69) is 15.9 Å². The molecule has 0 aliphatic carbocycles. The second-order valence-electron chi connectivity index (χ2n) is 4.43. The second-order valence-corrected chi connectivity index (χ2v) is 5.69. The second kappa shape index (κ2) is 7.98. The van der Waals surface area contributed by atoms with Crippen LogP contribution in [0.2, 0.25) is 5.02 Å². The highest BCUT2D eigenvalue weighted by Crippen LogP contribution is 2.35. The monoisotopic (exact) mass is 380 g/mol. The number of rotatable bonds is 5. The van der Waals surface area contributed by atoms with Gasteiger partial charge in [-0.15, -0.1) is 0 Å². The number of halogens is 2. The van der Waals surface area contributed by atoms with Gasteiger partial charge in [-0.2, -0.15) is 0 Å². The molecule has 0 saturated carbocycles. The molecule has 2 aromatic carbocycles. The van der Waals surface area contributed by atoms with Gasteiger partial charge in [-0.25, -0.2) is 5.84 Å². The van der Waals surface area contributed by atoms with Gasteiger partial charge in [-0.1, -0.05) is 41.9 Å². The van der Waals surface area contributed by atoms with Crippen LogP contribution in [0.25, 0.3) is 6.08 Å². The fourth-order valence-electron chi connectivity index (χ4n) is 1.76. The molecule has 0 bridgehead atoms. The highest BCUT2D eigenvalue weighted by molar-refractivity contribution is 9.10. The molecule has 0 fully saturated rings. The van der Waals surface area contributed by atoms with Crippen LogP contribution in [0.15, 0.2) is 53.0 Å². The molecule has 2 rings (SSSR count). The molecular formula is C16H14BrClN2O2. The maximum Gasteiger partial charge on any atom is 0.257 e. The lowest BCUT2D eigenvalue weighted by Gasteiger charge is -2.11. The Morgan fingerprint density at radius 3 is 2.68 bits per heavy atom. The van der Waals surface area contributed by atoms with Crippen molar-refractivity contribution in [3.63, 3.8) is 0 Å². The van der Waals surface area contributed by atoms with Gasteiger partial charge in [0.05, 0.1) is 9.50 Å². The van der Waals surface area contributed by atoms with Crippen molar-refractivity contribution in [3.05, 3.63) is 69.2 Å². The van der Waals surface area contributed by atoms with E-state index in [0.29, 0.717) is 21.9 Å². The molecule has 0 aliphatic heterocycles. The Balaban J connectivity index is 2.13. The fourth-order valence-corrected chi connectivity index (χ4v) is 2.75.